The molecule has 0 aliphatic carbocycles. The lowest BCUT2D eigenvalue weighted by Gasteiger charge is -2.16. The van der Waals surface area contributed by atoms with Gasteiger partial charge in [-0.05, 0) is 49.6 Å². The third kappa shape index (κ3) is 9.05. The van der Waals surface area contributed by atoms with Crippen molar-refractivity contribution in [2.75, 3.05) is 13.1 Å². The normalized spacial score (nSPS) is 12.2. The smallest absolute Gasteiger partial charge is 0.191 e. The van der Waals surface area contributed by atoms with Gasteiger partial charge in [-0.2, -0.15) is 0 Å². The predicted octanol–water partition coefficient (Wildman–Crippen LogP) is 4.13. The molecule has 0 saturated heterocycles. The van der Waals surface area contributed by atoms with E-state index in [9.17, 15) is 5.11 Å². The first-order chi connectivity index (χ1) is 15.5. The minimum atomic E-state index is -0.644. The van der Waals surface area contributed by atoms with Gasteiger partial charge in [0.2, 0.25) is 0 Å². The summed E-state index contributed by atoms with van der Waals surface area (Å²) >= 11 is 0. The van der Waals surface area contributed by atoms with Gasteiger partial charge in [0.1, 0.15) is 5.75 Å². The van der Waals surface area contributed by atoms with Gasteiger partial charge in [-0.25, -0.2) is 9.98 Å². The Hall–Kier alpha value is -2.59. The highest BCUT2D eigenvalue weighted by Gasteiger charge is 2.09. The van der Waals surface area contributed by atoms with Gasteiger partial charge in [0, 0.05) is 32.0 Å². The van der Waals surface area contributed by atoms with Gasteiger partial charge in [-0.1, -0.05) is 36.4 Å². The maximum Gasteiger partial charge on any atom is 0.191 e. The summed E-state index contributed by atoms with van der Waals surface area (Å²) in [7, 11) is 0. The van der Waals surface area contributed by atoms with Crippen LogP contribution >= 0.6 is 24.0 Å². The fraction of sp³-hybridized carbons (Fsp3) is 0.360. The molecule has 3 aromatic rings. The number of hydrogen-bond acceptors (Lipinski definition) is 4. The zero-order valence-corrected chi connectivity index (χ0v) is 21.8. The number of benzene rings is 2. The Morgan fingerprint density at radius 2 is 1.76 bits per heavy atom. The average Bonchev–Trinajstić information content (AvgIpc) is 3.29. The number of aliphatic hydroxyl groups is 1. The maximum absolute atomic E-state index is 10.5. The van der Waals surface area contributed by atoms with Crippen LogP contribution in [-0.2, 0) is 13.1 Å². The molecule has 0 fully saturated rings. The van der Waals surface area contributed by atoms with Crippen LogP contribution in [0.1, 0.15) is 43.6 Å². The van der Waals surface area contributed by atoms with E-state index < -0.39 is 6.10 Å². The Balaban J connectivity index is 0.00000385. The number of guanidine groups is 1. The monoisotopic (exact) mass is 563 g/mol. The molecule has 3 N–H and O–H groups in total. The number of aliphatic hydroxyl groups excluding tert-OH is 1. The van der Waals surface area contributed by atoms with E-state index >= 15 is 0 Å². The summed E-state index contributed by atoms with van der Waals surface area (Å²) in [5, 5.41) is 17.0. The molecule has 0 aliphatic heterocycles. The number of imidazole rings is 1. The predicted molar refractivity (Wildman–Crippen MR) is 143 cm³/mol. The molecule has 1 heterocycles. The van der Waals surface area contributed by atoms with Crippen molar-refractivity contribution in [1.29, 1.82) is 0 Å². The van der Waals surface area contributed by atoms with E-state index in [1.165, 1.54) is 5.56 Å². The Morgan fingerprint density at radius 3 is 2.36 bits per heavy atom. The first-order valence-electron chi connectivity index (χ1n) is 11.0. The minimum absolute atomic E-state index is 0. The van der Waals surface area contributed by atoms with Crippen molar-refractivity contribution >= 4 is 29.9 Å². The fourth-order valence-electron chi connectivity index (χ4n) is 3.21. The van der Waals surface area contributed by atoms with Crippen molar-refractivity contribution < 1.29 is 9.84 Å². The van der Waals surface area contributed by atoms with Crippen LogP contribution in [-0.4, -0.2) is 39.8 Å². The summed E-state index contributed by atoms with van der Waals surface area (Å²) in [6, 6.07) is 16.0. The molecular formula is C25H34IN5O2. The molecule has 178 valence electrons. The molecule has 0 aliphatic rings. The van der Waals surface area contributed by atoms with Gasteiger partial charge in [-0.15, -0.1) is 24.0 Å². The number of rotatable bonds is 10. The van der Waals surface area contributed by atoms with Crippen LogP contribution in [0.25, 0.3) is 0 Å². The lowest BCUT2D eigenvalue weighted by molar-refractivity contribution is 0.180. The Kier molecular flexibility index (Phi) is 11.2. The van der Waals surface area contributed by atoms with E-state index in [0.717, 1.165) is 30.0 Å². The summed E-state index contributed by atoms with van der Waals surface area (Å²) in [4.78, 5) is 8.72. The van der Waals surface area contributed by atoms with Crippen LogP contribution in [0.15, 0.2) is 72.2 Å². The van der Waals surface area contributed by atoms with Crippen LogP contribution in [0.4, 0.5) is 0 Å². The van der Waals surface area contributed by atoms with Crippen LogP contribution in [0, 0.1) is 0 Å². The third-order valence-corrected chi connectivity index (χ3v) is 4.81. The molecule has 7 nitrogen and oxygen atoms in total. The number of hydrogen-bond donors (Lipinski definition) is 3. The molecule has 0 saturated carbocycles. The zero-order valence-electron chi connectivity index (χ0n) is 19.4. The van der Waals surface area contributed by atoms with Gasteiger partial charge in [0.25, 0.3) is 0 Å². The Morgan fingerprint density at radius 1 is 1.06 bits per heavy atom. The SMILES string of the molecule is CCNC(=NCc1ccc(Cn2ccnc2)cc1)NCC(O)c1ccc(OC(C)C)cc1.I. The Labute approximate surface area is 213 Å². The molecule has 2 aromatic carbocycles. The number of halogens is 1. The molecular weight excluding hydrogens is 529 g/mol. The average molecular weight is 563 g/mol. The molecule has 0 amide bonds. The zero-order chi connectivity index (χ0) is 22.8. The largest absolute Gasteiger partial charge is 0.491 e. The molecule has 33 heavy (non-hydrogen) atoms. The van der Waals surface area contributed by atoms with Crippen molar-refractivity contribution in [3.05, 3.63) is 83.9 Å². The highest BCUT2D eigenvalue weighted by atomic mass is 127. The molecule has 8 heteroatoms. The van der Waals surface area contributed by atoms with Crippen molar-refractivity contribution in [1.82, 2.24) is 20.2 Å². The lowest BCUT2D eigenvalue weighted by Crippen LogP contribution is -2.39. The number of nitrogens with one attached hydrogen (secondary N) is 2. The van der Waals surface area contributed by atoms with Gasteiger partial charge >= 0.3 is 0 Å². The Bertz CT molecular complexity index is 957. The second kappa shape index (κ2) is 13.8. The minimum Gasteiger partial charge on any atom is -0.491 e. The summed E-state index contributed by atoms with van der Waals surface area (Å²) in [5.41, 5.74) is 3.17. The van der Waals surface area contributed by atoms with Crippen LogP contribution in [0.2, 0.25) is 0 Å². The van der Waals surface area contributed by atoms with Crippen molar-refractivity contribution in [2.45, 2.75) is 46.1 Å². The summed E-state index contributed by atoms with van der Waals surface area (Å²) in [6.45, 7) is 8.46. The van der Waals surface area contributed by atoms with Crippen LogP contribution in [0.5, 0.6) is 5.75 Å². The van der Waals surface area contributed by atoms with Gasteiger partial charge in [-0.3, -0.25) is 0 Å². The molecule has 1 unspecified atom stereocenters. The highest BCUT2D eigenvalue weighted by Crippen LogP contribution is 2.18. The van der Waals surface area contributed by atoms with E-state index in [-0.39, 0.29) is 30.1 Å². The third-order valence-electron chi connectivity index (χ3n) is 4.81. The maximum atomic E-state index is 10.5. The molecule has 0 radical (unpaired) electrons. The van der Waals surface area contributed by atoms with Crippen molar-refractivity contribution in [3.63, 3.8) is 0 Å². The number of aromatic nitrogens is 2. The lowest BCUT2D eigenvalue weighted by atomic mass is 10.1. The summed E-state index contributed by atoms with van der Waals surface area (Å²) in [6.07, 6.45) is 5.03. The second-order valence-electron chi connectivity index (χ2n) is 7.88. The first kappa shape index (κ1) is 26.7. The molecule has 1 atom stereocenters. The van der Waals surface area contributed by atoms with Crippen molar-refractivity contribution in [2.24, 2.45) is 4.99 Å². The highest BCUT2D eigenvalue weighted by molar-refractivity contribution is 14.0. The summed E-state index contributed by atoms with van der Waals surface area (Å²) < 4.78 is 7.69. The number of nitrogens with zero attached hydrogens (tertiary/aromatic N) is 3. The van der Waals surface area contributed by atoms with Crippen molar-refractivity contribution in [3.8, 4) is 5.75 Å². The fourth-order valence-corrected chi connectivity index (χ4v) is 3.21. The first-order valence-corrected chi connectivity index (χ1v) is 11.0. The molecule has 1 aromatic heterocycles. The van der Waals surface area contributed by atoms with E-state index in [2.05, 4.69) is 44.9 Å². The van der Waals surface area contributed by atoms with Crippen LogP contribution in [0.3, 0.4) is 0 Å². The number of aliphatic imine (C=N–C) groups is 1. The van der Waals surface area contributed by atoms with Gasteiger partial charge < -0.3 is 25.0 Å². The number of ether oxygens (including phenoxy) is 1. The molecule has 3 rings (SSSR count). The molecule has 0 bridgehead atoms. The van der Waals surface area contributed by atoms with E-state index in [4.69, 9.17) is 4.74 Å². The quantitative estimate of drug-likeness (QED) is 0.196. The topological polar surface area (TPSA) is 83.7 Å². The van der Waals surface area contributed by atoms with Gasteiger partial charge in [0.05, 0.1) is 25.1 Å². The molecule has 0 spiro atoms. The van der Waals surface area contributed by atoms with E-state index in [1.54, 1.807) is 6.20 Å². The summed E-state index contributed by atoms with van der Waals surface area (Å²) in [5.74, 6) is 1.48. The second-order valence-corrected chi connectivity index (χ2v) is 7.88. The van der Waals surface area contributed by atoms with Crippen LogP contribution < -0.4 is 15.4 Å². The van der Waals surface area contributed by atoms with E-state index in [0.29, 0.717) is 19.0 Å². The van der Waals surface area contributed by atoms with E-state index in [1.807, 2.05) is 62.1 Å². The standard InChI is InChI=1S/C25H33N5O2.HI/c1-4-27-25(29-16-24(31)22-9-11-23(12-10-22)32-19(2)3)28-15-20-5-7-21(8-6-20)17-30-14-13-26-18-30;/h5-14,18-19,24,31H,4,15-17H2,1-3H3,(H2,27,28,29);1H. The van der Waals surface area contributed by atoms with Gasteiger partial charge in [0.15, 0.2) is 5.96 Å².